The zero-order chi connectivity index (χ0) is 21.0. The number of nitrogens with two attached hydrogens (primary N) is 4. The number of urea groups is 2. The summed E-state index contributed by atoms with van der Waals surface area (Å²) in [7, 11) is 3.02. The van der Waals surface area contributed by atoms with E-state index >= 15 is 0 Å². The number of alkyl halides is 1. The van der Waals surface area contributed by atoms with Crippen molar-refractivity contribution in [1.82, 2.24) is 9.97 Å². The molecular weight excluding hydrogens is 436 g/mol. The van der Waals surface area contributed by atoms with Crippen LogP contribution in [0.5, 0.6) is 11.5 Å². The molecule has 0 saturated carbocycles. The number of hydrogen-bond acceptors (Lipinski definition) is 8. The monoisotopic (exact) mass is 454 g/mol. The molecule has 0 aliphatic carbocycles. The fraction of sp³-hybridized carbons (Fsp3) is 0.200. The SMILES string of the molecule is COc1ccc(C(Br)c2cnc(N(N)C(N)=O)nc2N(N)C(N)=O)cc1OC. The van der Waals surface area contributed by atoms with Crippen molar-refractivity contribution >= 4 is 39.8 Å². The van der Waals surface area contributed by atoms with Gasteiger partial charge < -0.3 is 20.9 Å². The Morgan fingerprint density at radius 2 is 1.68 bits per heavy atom. The van der Waals surface area contributed by atoms with Crippen LogP contribution in [0.3, 0.4) is 0 Å². The van der Waals surface area contributed by atoms with E-state index < -0.39 is 16.9 Å². The summed E-state index contributed by atoms with van der Waals surface area (Å²) in [6, 6.07) is 3.21. The van der Waals surface area contributed by atoms with E-state index in [9.17, 15) is 9.59 Å². The van der Waals surface area contributed by atoms with Gasteiger partial charge in [0.25, 0.3) is 5.95 Å². The largest absolute Gasteiger partial charge is 0.493 e. The van der Waals surface area contributed by atoms with Crippen LogP contribution in [0.1, 0.15) is 16.0 Å². The molecule has 12 nitrogen and oxygen atoms in total. The van der Waals surface area contributed by atoms with Crippen molar-refractivity contribution in [2.24, 2.45) is 23.2 Å². The Hall–Kier alpha value is -3.16. The van der Waals surface area contributed by atoms with Gasteiger partial charge in [-0.25, -0.2) is 31.3 Å². The number of hydrogen-bond donors (Lipinski definition) is 4. The smallest absolute Gasteiger partial charge is 0.336 e. The van der Waals surface area contributed by atoms with Gasteiger partial charge in [-0.1, -0.05) is 22.0 Å². The first-order valence-electron chi connectivity index (χ1n) is 7.62. The topological polar surface area (TPSA) is 189 Å². The minimum atomic E-state index is -1.00. The number of carbonyl (C=O) groups excluding carboxylic acids is 2. The van der Waals surface area contributed by atoms with E-state index in [1.165, 1.54) is 20.4 Å². The number of hydrazine groups is 2. The number of primary amides is 2. The maximum atomic E-state index is 11.6. The van der Waals surface area contributed by atoms with Gasteiger partial charge in [-0.05, 0) is 17.7 Å². The predicted molar refractivity (Wildman–Crippen MR) is 105 cm³/mol. The van der Waals surface area contributed by atoms with Gasteiger partial charge in [-0.15, -0.1) is 0 Å². The molecule has 0 fully saturated rings. The number of nitrogens with zero attached hydrogens (tertiary/aromatic N) is 4. The van der Waals surface area contributed by atoms with E-state index in [1.807, 2.05) is 0 Å². The molecule has 8 N–H and O–H groups in total. The summed E-state index contributed by atoms with van der Waals surface area (Å²) in [5.41, 5.74) is 11.5. The maximum Gasteiger partial charge on any atom is 0.336 e. The third kappa shape index (κ3) is 4.21. The van der Waals surface area contributed by atoms with Crippen molar-refractivity contribution in [3.63, 3.8) is 0 Å². The van der Waals surface area contributed by atoms with Gasteiger partial charge in [-0.2, -0.15) is 9.99 Å². The van der Waals surface area contributed by atoms with Crippen LogP contribution >= 0.6 is 15.9 Å². The van der Waals surface area contributed by atoms with E-state index in [0.717, 1.165) is 0 Å². The Morgan fingerprint density at radius 3 is 2.21 bits per heavy atom. The van der Waals surface area contributed by atoms with E-state index in [-0.39, 0.29) is 11.8 Å². The molecule has 0 bridgehead atoms. The first kappa shape index (κ1) is 21.1. The lowest BCUT2D eigenvalue weighted by Gasteiger charge is -2.22. The zero-order valence-corrected chi connectivity index (χ0v) is 16.6. The van der Waals surface area contributed by atoms with Crippen molar-refractivity contribution < 1.29 is 19.1 Å². The van der Waals surface area contributed by atoms with Crippen molar-refractivity contribution in [3.05, 3.63) is 35.5 Å². The summed E-state index contributed by atoms with van der Waals surface area (Å²) >= 11 is 3.52. The third-order valence-corrected chi connectivity index (χ3v) is 4.70. The van der Waals surface area contributed by atoms with Crippen molar-refractivity contribution in [2.75, 3.05) is 24.2 Å². The van der Waals surface area contributed by atoms with Crippen LogP contribution < -0.4 is 42.6 Å². The van der Waals surface area contributed by atoms with E-state index in [4.69, 9.17) is 32.6 Å². The standard InChI is InChI=1S/C15H19BrN8O4/c1-27-9-4-3-7(5-10(9)28-2)11(16)8-6-21-15(24(20)14(18)26)22-12(8)23(19)13(17)25/h3-6,11H,19-20H2,1-2H3,(H2,17,25)(H2,18,26). The van der Waals surface area contributed by atoms with Crippen LogP contribution in [0.25, 0.3) is 0 Å². The zero-order valence-electron chi connectivity index (χ0n) is 15.0. The quantitative estimate of drug-likeness (QED) is 0.209. The predicted octanol–water partition coefficient (Wildman–Crippen LogP) is 0.496. The number of rotatable bonds is 6. The van der Waals surface area contributed by atoms with Crippen LogP contribution in [-0.2, 0) is 0 Å². The number of amides is 4. The first-order chi connectivity index (χ1) is 13.2. The van der Waals surface area contributed by atoms with E-state index in [2.05, 4.69) is 25.9 Å². The number of halogens is 1. The van der Waals surface area contributed by atoms with Gasteiger partial charge >= 0.3 is 12.1 Å². The lowest BCUT2D eigenvalue weighted by molar-refractivity contribution is 0.253. The molecule has 0 radical (unpaired) electrons. The first-order valence-corrected chi connectivity index (χ1v) is 8.54. The minimum Gasteiger partial charge on any atom is -0.493 e. The Labute approximate surface area is 168 Å². The lowest BCUT2D eigenvalue weighted by Crippen LogP contribution is -2.45. The molecule has 28 heavy (non-hydrogen) atoms. The average molecular weight is 455 g/mol. The number of aromatic nitrogens is 2. The Bertz CT molecular complexity index is 896. The fourth-order valence-electron chi connectivity index (χ4n) is 2.25. The second-order valence-corrected chi connectivity index (χ2v) is 6.26. The number of anilines is 2. The summed E-state index contributed by atoms with van der Waals surface area (Å²) in [5.74, 6) is 11.9. The van der Waals surface area contributed by atoms with Gasteiger partial charge in [-0.3, -0.25) is 0 Å². The number of ether oxygens (including phenoxy) is 2. The summed E-state index contributed by atoms with van der Waals surface area (Å²) in [6.45, 7) is 0. The molecule has 1 aromatic carbocycles. The molecule has 0 aliphatic rings. The van der Waals surface area contributed by atoms with E-state index in [0.29, 0.717) is 32.6 Å². The Kier molecular flexibility index (Phi) is 6.56. The molecular formula is C15H19BrN8O4. The molecule has 1 unspecified atom stereocenters. The Balaban J connectivity index is 2.56. The van der Waals surface area contributed by atoms with Crippen molar-refractivity contribution in [3.8, 4) is 11.5 Å². The van der Waals surface area contributed by atoms with Crippen molar-refractivity contribution in [2.45, 2.75) is 4.83 Å². The highest BCUT2D eigenvalue weighted by Gasteiger charge is 2.25. The molecule has 13 heteroatoms. The lowest BCUT2D eigenvalue weighted by atomic mass is 10.1. The van der Waals surface area contributed by atoms with E-state index in [1.54, 1.807) is 18.2 Å². The third-order valence-electron chi connectivity index (χ3n) is 3.68. The molecule has 4 amide bonds. The van der Waals surface area contributed by atoms with Gasteiger partial charge in [0, 0.05) is 11.8 Å². The summed E-state index contributed by atoms with van der Waals surface area (Å²) < 4.78 is 10.5. The van der Waals surface area contributed by atoms with Gasteiger partial charge in [0.15, 0.2) is 17.3 Å². The highest BCUT2D eigenvalue weighted by Crippen LogP contribution is 2.39. The number of methoxy groups -OCH3 is 2. The van der Waals surface area contributed by atoms with Crippen LogP contribution in [0.4, 0.5) is 21.4 Å². The molecule has 1 aromatic heterocycles. The molecule has 2 rings (SSSR count). The van der Waals surface area contributed by atoms with Gasteiger partial charge in [0.05, 0.1) is 19.0 Å². The Morgan fingerprint density at radius 1 is 1.07 bits per heavy atom. The minimum absolute atomic E-state index is 0.0779. The molecule has 150 valence electrons. The van der Waals surface area contributed by atoms with Crippen LogP contribution in [-0.4, -0.2) is 36.2 Å². The molecule has 0 spiro atoms. The summed E-state index contributed by atoms with van der Waals surface area (Å²) in [5, 5.41) is 1.10. The van der Waals surface area contributed by atoms with Crippen LogP contribution in [0.2, 0.25) is 0 Å². The van der Waals surface area contributed by atoms with Gasteiger partial charge in [0.1, 0.15) is 0 Å². The molecule has 2 aromatic rings. The highest BCUT2D eigenvalue weighted by atomic mass is 79.9. The van der Waals surface area contributed by atoms with Crippen LogP contribution in [0.15, 0.2) is 24.4 Å². The number of benzene rings is 1. The average Bonchev–Trinajstić information content (AvgIpc) is 2.70. The number of carbonyl (C=O) groups is 2. The fourth-order valence-corrected chi connectivity index (χ4v) is 2.86. The second kappa shape index (κ2) is 8.69. The van der Waals surface area contributed by atoms with Crippen molar-refractivity contribution in [1.29, 1.82) is 0 Å². The maximum absolute atomic E-state index is 11.6. The summed E-state index contributed by atoms with van der Waals surface area (Å²) in [4.78, 5) is 30.4. The summed E-state index contributed by atoms with van der Waals surface area (Å²) in [6.07, 6.45) is 1.33. The van der Waals surface area contributed by atoms with Crippen LogP contribution in [0, 0.1) is 0 Å². The van der Waals surface area contributed by atoms with Gasteiger partial charge in [0.2, 0.25) is 0 Å². The highest BCUT2D eigenvalue weighted by molar-refractivity contribution is 9.09. The normalized spacial score (nSPS) is 11.5. The molecule has 1 atom stereocenters. The molecule has 0 saturated heterocycles. The molecule has 1 heterocycles. The molecule has 0 aliphatic heterocycles. The second-order valence-electron chi connectivity index (χ2n) is 5.34.